The van der Waals surface area contributed by atoms with E-state index in [0.29, 0.717) is 44.4 Å². The van der Waals surface area contributed by atoms with Crippen molar-refractivity contribution in [2.75, 3.05) is 18.5 Å². The molecule has 0 spiro atoms. The number of anilines is 1. The van der Waals surface area contributed by atoms with Crippen LogP contribution in [0.3, 0.4) is 0 Å². The molecule has 200 valence electrons. The van der Waals surface area contributed by atoms with Crippen molar-refractivity contribution in [3.63, 3.8) is 0 Å². The Bertz CT molecular complexity index is 1290. The molecule has 2 aliphatic rings. The van der Waals surface area contributed by atoms with E-state index in [0.717, 1.165) is 6.07 Å². The van der Waals surface area contributed by atoms with E-state index in [1.165, 1.54) is 12.1 Å². The van der Waals surface area contributed by atoms with Gasteiger partial charge in [0.1, 0.15) is 0 Å². The highest BCUT2D eigenvalue weighted by Crippen LogP contribution is 2.50. The maximum atomic E-state index is 13.7. The molecule has 7 nitrogen and oxygen atoms in total. The summed E-state index contributed by atoms with van der Waals surface area (Å²) in [5.74, 6) is -5.70. The molecule has 37 heavy (non-hydrogen) atoms. The van der Waals surface area contributed by atoms with Crippen LogP contribution in [0, 0.1) is 35.2 Å². The zero-order valence-corrected chi connectivity index (χ0v) is 21.5. The van der Waals surface area contributed by atoms with Crippen molar-refractivity contribution in [3.8, 4) is 0 Å². The van der Waals surface area contributed by atoms with Crippen LogP contribution in [0.15, 0.2) is 35.2 Å². The van der Waals surface area contributed by atoms with Gasteiger partial charge in [0.05, 0.1) is 21.8 Å². The fourth-order valence-corrected chi connectivity index (χ4v) is 8.34. The van der Waals surface area contributed by atoms with Gasteiger partial charge in [0.15, 0.2) is 27.3 Å². The summed E-state index contributed by atoms with van der Waals surface area (Å²) in [6.45, 7) is 2.45. The monoisotopic (exact) mass is 558 g/mol. The van der Waals surface area contributed by atoms with Crippen LogP contribution in [0.4, 0.5) is 23.7 Å². The molecule has 0 aromatic heterocycles. The van der Waals surface area contributed by atoms with Crippen molar-refractivity contribution in [3.05, 3.63) is 58.4 Å². The maximum Gasteiger partial charge on any atom is 0.407 e. The van der Waals surface area contributed by atoms with Gasteiger partial charge in [-0.1, -0.05) is 11.6 Å². The average Bonchev–Trinajstić information content (AvgIpc) is 3.13. The quantitative estimate of drug-likeness (QED) is 0.447. The minimum atomic E-state index is -3.94. The number of benzene rings is 2. The number of halogens is 4. The lowest BCUT2D eigenvalue weighted by Crippen LogP contribution is -2.39. The predicted octanol–water partition coefficient (Wildman–Crippen LogP) is 5.33. The Morgan fingerprint density at radius 1 is 1.05 bits per heavy atom. The number of alkyl carbamates (subject to hydrolysis) is 1. The Morgan fingerprint density at radius 2 is 1.68 bits per heavy atom. The second-order valence-corrected chi connectivity index (χ2v) is 11.9. The fourth-order valence-electron chi connectivity index (χ4n) is 5.47. The number of sulfone groups is 1. The van der Waals surface area contributed by atoms with Crippen molar-refractivity contribution in [1.29, 1.82) is 0 Å². The van der Waals surface area contributed by atoms with Crippen LogP contribution in [0.1, 0.15) is 43.0 Å². The van der Waals surface area contributed by atoms with E-state index < -0.39 is 44.5 Å². The van der Waals surface area contributed by atoms with Crippen LogP contribution >= 0.6 is 11.6 Å². The van der Waals surface area contributed by atoms with Gasteiger partial charge in [-0.05, 0) is 68.6 Å². The number of nitrogens with one attached hydrogen (secondary N) is 2. The third-order valence-corrected chi connectivity index (χ3v) is 9.86. The molecule has 0 aliphatic heterocycles. The third kappa shape index (κ3) is 5.72. The van der Waals surface area contributed by atoms with Crippen molar-refractivity contribution in [1.82, 2.24) is 5.32 Å². The topological polar surface area (TPSA) is 102 Å². The highest BCUT2D eigenvalue weighted by atomic mass is 35.5. The first-order valence-corrected chi connectivity index (χ1v) is 13.8. The molecule has 2 fully saturated rings. The molecular formula is C25H26ClF3N2O5S. The molecule has 12 heteroatoms. The van der Waals surface area contributed by atoms with Crippen molar-refractivity contribution >= 4 is 39.1 Å². The third-order valence-electron chi connectivity index (χ3n) is 6.98. The second-order valence-electron chi connectivity index (χ2n) is 9.43. The molecule has 2 aromatic carbocycles. The number of ether oxygens (including phenoxy) is 1. The minimum absolute atomic E-state index is 0.0449. The van der Waals surface area contributed by atoms with E-state index in [1.807, 2.05) is 0 Å². The molecule has 2 bridgehead atoms. The minimum Gasteiger partial charge on any atom is -0.449 e. The molecule has 0 radical (unpaired) electrons. The number of carbonyl (C=O) groups is 2. The van der Waals surface area contributed by atoms with Crippen LogP contribution in [0.2, 0.25) is 5.02 Å². The van der Waals surface area contributed by atoms with Crippen LogP contribution in [-0.2, 0) is 14.6 Å². The highest BCUT2D eigenvalue weighted by molar-refractivity contribution is 7.92. The van der Waals surface area contributed by atoms with Gasteiger partial charge < -0.3 is 15.4 Å². The molecule has 2 N–H and O–H groups in total. The normalized spacial score (nSPS) is 22.9. The van der Waals surface area contributed by atoms with Crippen LogP contribution in [-0.4, -0.2) is 38.8 Å². The first-order chi connectivity index (χ1) is 17.5. The van der Waals surface area contributed by atoms with E-state index in [9.17, 15) is 31.2 Å². The Labute approximate surface area is 217 Å². The molecule has 2 amide bonds. The van der Waals surface area contributed by atoms with Gasteiger partial charge in [-0.3, -0.25) is 4.79 Å². The molecule has 1 unspecified atom stereocenters. The standard InChI is InChI=1S/C25H26ClF3N2O5S/c1-2-30-25(33)36-12-13-7-14-3-4-15(8-13)23(14)37(34,35)21-9-16(5-6-18(21)26)24(32)31-17-10-19(27)22(29)20(28)11-17/h5-6,9-11,13-15,23H,2-4,7-8,12H2,1H3,(H,30,33)(H,31,32)/t13-,14-,15?,23+/m0/s1. The number of hydrogen-bond donors (Lipinski definition) is 2. The summed E-state index contributed by atoms with van der Waals surface area (Å²) >= 11 is 6.27. The fraction of sp³-hybridized carbons (Fsp3) is 0.440. The molecule has 0 saturated heterocycles. The first kappa shape index (κ1) is 27.3. The van der Waals surface area contributed by atoms with E-state index in [2.05, 4.69) is 10.6 Å². The van der Waals surface area contributed by atoms with Gasteiger partial charge in [-0.2, -0.15) is 0 Å². The Morgan fingerprint density at radius 3 is 2.27 bits per heavy atom. The zero-order valence-electron chi connectivity index (χ0n) is 19.9. The largest absolute Gasteiger partial charge is 0.449 e. The summed E-state index contributed by atoms with van der Waals surface area (Å²) in [5, 5.41) is 4.07. The molecule has 2 aromatic rings. The van der Waals surface area contributed by atoms with Crippen LogP contribution < -0.4 is 10.6 Å². The molecule has 0 heterocycles. The van der Waals surface area contributed by atoms with E-state index in [-0.39, 0.29) is 45.5 Å². The summed E-state index contributed by atoms with van der Waals surface area (Å²) in [4.78, 5) is 24.1. The van der Waals surface area contributed by atoms with Gasteiger partial charge in [-0.25, -0.2) is 26.4 Å². The smallest absolute Gasteiger partial charge is 0.407 e. The number of rotatable bonds is 7. The number of carbonyl (C=O) groups excluding carboxylic acids is 2. The number of hydrogen-bond acceptors (Lipinski definition) is 5. The van der Waals surface area contributed by atoms with Gasteiger partial charge in [0, 0.05) is 29.9 Å². The summed E-state index contributed by atoms with van der Waals surface area (Å²) in [6.07, 6.45) is 2.09. The first-order valence-electron chi connectivity index (χ1n) is 11.9. The Balaban J connectivity index is 1.52. The molecular weight excluding hydrogens is 533 g/mol. The van der Waals surface area contributed by atoms with Gasteiger partial charge in [0.2, 0.25) is 0 Å². The van der Waals surface area contributed by atoms with Crippen molar-refractivity contribution in [2.45, 2.75) is 42.8 Å². The van der Waals surface area contributed by atoms with E-state index in [1.54, 1.807) is 6.92 Å². The maximum absolute atomic E-state index is 13.7. The van der Waals surface area contributed by atoms with Crippen LogP contribution in [0.25, 0.3) is 0 Å². The zero-order chi connectivity index (χ0) is 26.9. The predicted molar refractivity (Wildman–Crippen MR) is 131 cm³/mol. The lowest BCUT2D eigenvalue weighted by atomic mass is 9.81. The second kappa shape index (κ2) is 10.9. The summed E-state index contributed by atoms with van der Waals surface area (Å²) in [6, 6.07) is 4.96. The molecule has 4 atom stereocenters. The van der Waals surface area contributed by atoms with Crippen molar-refractivity contribution in [2.24, 2.45) is 17.8 Å². The highest BCUT2D eigenvalue weighted by Gasteiger charge is 2.50. The number of amides is 2. The summed E-state index contributed by atoms with van der Waals surface area (Å²) < 4.78 is 73.0. The SMILES string of the molecule is CCNC(=O)OC[C@@H]1CC2CC[C@@H](C1)[C@H]2S(=O)(=O)c1cc(C(=O)Nc2cc(F)c(F)c(F)c2)ccc1Cl. The van der Waals surface area contributed by atoms with Crippen LogP contribution in [0.5, 0.6) is 0 Å². The van der Waals surface area contributed by atoms with Gasteiger partial charge >= 0.3 is 6.09 Å². The molecule has 2 saturated carbocycles. The molecule has 4 rings (SSSR count). The Kier molecular flexibility index (Phi) is 8.03. The summed E-state index contributed by atoms with van der Waals surface area (Å²) in [5.41, 5.74) is -0.420. The van der Waals surface area contributed by atoms with Gasteiger partial charge in [0.25, 0.3) is 5.91 Å². The summed E-state index contributed by atoms with van der Waals surface area (Å²) in [7, 11) is -3.94. The van der Waals surface area contributed by atoms with Gasteiger partial charge in [-0.15, -0.1) is 0 Å². The molecule has 2 aliphatic carbocycles. The lowest BCUT2D eigenvalue weighted by Gasteiger charge is -2.34. The average molecular weight is 559 g/mol. The number of fused-ring (bicyclic) bond motifs is 2. The lowest BCUT2D eigenvalue weighted by molar-refractivity contribution is 0.102. The van der Waals surface area contributed by atoms with E-state index >= 15 is 0 Å². The Hall–Kier alpha value is -2.79. The van der Waals surface area contributed by atoms with Crippen molar-refractivity contribution < 1.29 is 35.9 Å². The van der Waals surface area contributed by atoms with E-state index in [4.69, 9.17) is 16.3 Å².